The summed E-state index contributed by atoms with van der Waals surface area (Å²) in [5.41, 5.74) is 0. The Morgan fingerprint density at radius 2 is 2.50 bits per heavy atom. The standard InChI is InChI=1S/C5H11FOSi/c1-3-5-8(6)7-4-2/h3,8H,1,4-5H2,2H3. The molecule has 0 spiro atoms. The van der Waals surface area contributed by atoms with E-state index in [0.29, 0.717) is 12.7 Å². The number of rotatable bonds is 4. The van der Waals surface area contributed by atoms with Crippen molar-refractivity contribution >= 4 is 9.37 Å². The third-order valence-corrected chi connectivity index (χ3v) is 2.10. The summed E-state index contributed by atoms with van der Waals surface area (Å²) >= 11 is 0. The van der Waals surface area contributed by atoms with Crippen LogP contribution in [-0.2, 0) is 4.43 Å². The molecule has 0 aliphatic heterocycles. The minimum absolute atomic E-state index is 0.424. The van der Waals surface area contributed by atoms with Crippen LogP contribution in [0.25, 0.3) is 0 Å². The zero-order valence-corrected chi connectivity index (χ0v) is 6.22. The molecule has 0 aromatic heterocycles. The van der Waals surface area contributed by atoms with E-state index in [1.807, 2.05) is 0 Å². The normalized spacial score (nSPS) is 13.2. The van der Waals surface area contributed by atoms with Crippen LogP contribution in [0.3, 0.4) is 0 Å². The minimum Gasteiger partial charge on any atom is -0.394 e. The van der Waals surface area contributed by atoms with E-state index < -0.39 is 9.37 Å². The van der Waals surface area contributed by atoms with Crippen molar-refractivity contribution in [1.82, 2.24) is 0 Å². The van der Waals surface area contributed by atoms with Gasteiger partial charge in [0.05, 0.1) is 0 Å². The molecule has 8 heavy (non-hydrogen) atoms. The van der Waals surface area contributed by atoms with Crippen molar-refractivity contribution < 1.29 is 8.53 Å². The summed E-state index contributed by atoms with van der Waals surface area (Å²) in [6.07, 6.45) is 1.56. The van der Waals surface area contributed by atoms with Crippen molar-refractivity contribution in [2.24, 2.45) is 0 Å². The Labute approximate surface area is 51.1 Å². The van der Waals surface area contributed by atoms with Gasteiger partial charge in [0.2, 0.25) is 0 Å². The molecule has 0 N–H and O–H groups in total. The first-order chi connectivity index (χ1) is 3.81. The van der Waals surface area contributed by atoms with Gasteiger partial charge < -0.3 is 4.43 Å². The van der Waals surface area contributed by atoms with E-state index in [4.69, 9.17) is 0 Å². The second-order valence-electron chi connectivity index (χ2n) is 1.39. The molecule has 0 aromatic carbocycles. The van der Waals surface area contributed by atoms with E-state index in [-0.39, 0.29) is 0 Å². The van der Waals surface area contributed by atoms with Crippen molar-refractivity contribution in [2.45, 2.75) is 13.0 Å². The fraction of sp³-hybridized carbons (Fsp3) is 0.600. The molecule has 0 rings (SSSR count). The highest BCUT2D eigenvalue weighted by Crippen LogP contribution is 1.95. The SMILES string of the molecule is C=CC[SiH](F)OCC. The van der Waals surface area contributed by atoms with Gasteiger partial charge in [0.15, 0.2) is 0 Å². The van der Waals surface area contributed by atoms with Gasteiger partial charge in [-0.2, -0.15) is 0 Å². The molecule has 0 aliphatic carbocycles. The van der Waals surface area contributed by atoms with Gasteiger partial charge in [-0.25, -0.2) is 0 Å². The van der Waals surface area contributed by atoms with E-state index in [9.17, 15) is 4.11 Å². The first-order valence-electron chi connectivity index (χ1n) is 2.67. The van der Waals surface area contributed by atoms with Gasteiger partial charge in [-0.05, 0) is 6.92 Å². The van der Waals surface area contributed by atoms with Gasteiger partial charge in [-0.1, -0.05) is 6.08 Å². The van der Waals surface area contributed by atoms with Crippen LogP contribution in [0.15, 0.2) is 12.7 Å². The number of hydrogen-bond acceptors (Lipinski definition) is 1. The zero-order valence-electron chi connectivity index (χ0n) is 5.06. The predicted molar refractivity (Wildman–Crippen MR) is 34.9 cm³/mol. The zero-order chi connectivity index (χ0) is 6.41. The maximum Gasteiger partial charge on any atom is 0.372 e. The fourth-order valence-electron chi connectivity index (χ4n) is 0.380. The van der Waals surface area contributed by atoms with Crippen molar-refractivity contribution in [3.8, 4) is 0 Å². The quantitative estimate of drug-likeness (QED) is 0.321. The van der Waals surface area contributed by atoms with Gasteiger partial charge in [-0.15, -0.1) is 6.58 Å². The topological polar surface area (TPSA) is 9.23 Å². The molecule has 0 aromatic rings. The summed E-state index contributed by atoms with van der Waals surface area (Å²) in [6.45, 7) is 5.68. The fourth-order valence-corrected chi connectivity index (χ4v) is 1.14. The van der Waals surface area contributed by atoms with Crippen LogP contribution in [0.4, 0.5) is 4.11 Å². The smallest absolute Gasteiger partial charge is 0.372 e. The van der Waals surface area contributed by atoms with E-state index in [1.165, 1.54) is 0 Å². The van der Waals surface area contributed by atoms with Gasteiger partial charge in [0.25, 0.3) is 0 Å². The van der Waals surface area contributed by atoms with Crippen LogP contribution in [0.1, 0.15) is 6.92 Å². The van der Waals surface area contributed by atoms with Crippen LogP contribution in [-0.4, -0.2) is 16.0 Å². The van der Waals surface area contributed by atoms with Crippen LogP contribution >= 0.6 is 0 Å². The molecule has 0 saturated heterocycles. The van der Waals surface area contributed by atoms with Gasteiger partial charge in [0, 0.05) is 12.7 Å². The highest BCUT2D eigenvalue weighted by Gasteiger charge is 2.04. The van der Waals surface area contributed by atoms with Gasteiger partial charge in [-0.3, -0.25) is 4.11 Å². The predicted octanol–water partition coefficient (Wildman–Crippen LogP) is 1.40. The maximum atomic E-state index is 12.2. The lowest BCUT2D eigenvalue weighted by molar-refractivity contribution is 0.312. The molecular weight excluding hydrogens is 123 g/mol. The van der Waals surface area contributed by atoms with Gasteiger partial charge in [0.1, 0.15) is 0 Å². The first-order valence-corrected chi connectivity index (χ1v) is 4.40. The Balaban J connectivity index is 3.03. The molecule has 1 unspecified atom stereocenters. The number of hydrogen-bond donors (Lipinski definition) is 0. The Morgan fingerprint density at radius 3 is 2.88 bits per heavy atom. The molecule has 0 heterocycles. The molecule has 1 nitrogen and oxygen atoms in total. The molecule has 0 aliphatic rings. The summed E-state index contributed by atoms with van der Waals surface area (Å²) < 4.78 is 16.9. The summed E-state index contributed by atoms with van der Waals surface area (Å²) in [7, 11) is -2.32. The van der Waals surface area contributed by atoms with E-state index >= 15 is 0 Å². The molecule has 3 heteroatoms. The highest BCUT2D eigenvalue weighted by molar-refractivity contribution is 6.44. The lowest BCUT2D eigenvalue weighted by Crippen LogP contribution is -2.09. The summed E-state index contributed by atoms with van der Waals surface area (Å²) in [5.74, 6) is 0. The Morgan fingerprint density at radius 1 is 1.88 bits per heavy atom. The molecular formula is C5H11FOSi. The first kappa shape index (κ1) is 7.85. The molecule has 0 radical (unpaired) electrons. The molecule has 0 saturated carbocycles. The van der Waals surface area contributed by atoms with Crippen molar-refractivity contribution in [2.75, 3.05) is 6.61 Å². The largest absolute Gasteiger partial charge is 0.394 e. The summed E-state index contributed by atoms with van der Waals surface area (Å²) in [4.78, 5) is 0. The monoisotopic (exact) mass is 134 g/mol. The Hall–Kier alpha value is -0.153. The van der Waals surface area contributed by atoms with E-state index in [0.717, 1.165) is 0 Å². The summed E-state index contributed by atoms with van der Waals surface area (Å²) in [5, 5.41) is 0. The number of allylic oxidation sites excluding steroid dienone is 1. The lowest BCUT2D eigenvalue weighted by Gasteiger charge is -1.99. The van der Waals surface area contributed by atoms with Crippen LogP contribution in [0.5, 0.6) is 0 Å². The van der Waals surface area contributed by atoms with Crippen molar-refractivity contribution in [3.05, 3.63) is 12.7 Å². The third kappa shape index (κ3) is 4.02. The maximum absolute atomic E-state index is 12.2. The molecule has 1 atom stereocenters. The lowest BCUT2D eigenvalue weighted by atomic mass is 10.8. The Bertz CT molecular complexity index is 67.4. The van der Waals surface area contributed by atoms with Crippen LogP contribution < -0.4 is 0 Å². The Kier molecular flexibility index (Phi) is 4.90. The molecule has 0 bridgehead atoms. The third-order valence-electron chi connectivity index (χ3n) is 0.699. The average molecular weight is 134 g/mol. The van der Waals surface area contributed by atoms with E-state index in [2.05, 4.69) is 11.0 Å². The average Bonchev–Trinajstić information content (AvgIpc) is 1.68. The second-order valence-corrected chi connectivity index (χ2v) is 3.01. The van der Waals surface area contributed by atoms with Crippen LogP contribution in [0.2, 0.25) is 6.04 Å². The van der Waals surface area contributed by atoms with Crippen LogP contribution in [0, 0.1) is 0 Å². The number of halogens is 1. The van der Waals surface area contributed by atoms with Crippen molar-refractivity contribution in [3.63, 3.8) is 0 Å². The van der Waals surface area contributed by atoms with E-state index in [1.54, 1.807) is 13.0 Å². The summed E-state index contributed by atoms with van der Waals surface area (Å²) in [6, 6.07) is 0.424. The van der Waals surface area contributed by atoms with Gasteiger partial charge >= 0.3 is 9.37 Å². The minimum atomic E-state index is -2.32. The van der Waals surface area contributed by atoms with Crippen molar-refractivity contribution in [1.29, 1.82) is 0 Å². The molecule has 0 amide bonds. The molecule has 48 valence electrons. The molecule has 0 fully saturated rings. The second kappa shape index (κ2) is 4.99. The highest BCUT2D eigenvalue weighted by atomic mass is 28.3.